The molecule has 1 saturated carbocycles. The largest absolute Gasteiger partial charge is 0.416 e. The number of fused-ring (bicyclic) bond motifs is 4. The van der Waals surface area contributed by atoms with Crippen LogP contribution in [0.1, 0.15) is 124 Å². The lowest BCUT2D eigenvalue weighted by molar-refractivity contribution is -0.138. The molecule has 2 fully saturated rings. The Kier molecular flexibility index (Phi) is 8.20. The monoisotopic (exact) mass is 745 g/mol. The highest BCUT2D eigenvalue weighted by Crippen LogP contribution is 2.62. The molecule has 6 rings (SSSR count). The number of pyridine rings is 1. The Morgan fingerprint density at radius 2 is 1.80 bits per heavy atom. The van der Waals surface area contributed by atoms with Gasteiger partial charge in [-0.1, -0.05) is 69.7 Å². The van der Waals surface area contributed by atoms with E-state index in [4.69, 9.17) is 18.9 Å². The van der Waals surface area contributed by atoms with Gasteiger partial charge < -0.3 is 13.9 Å². The third kappa shape index (κ3) is 5.30. The van der Waals surface area contributed by atoms with E-state index >= 15 is 4.39 Å². The van der Waals surface area contributed by atoms with E-state index in [2.05, 4.69) is 70.3 Å². The molecule has 2 aliphatic heterocycles. The fourth-order valence-electron chi connectivity index (χ4n) is 7.52. The Labute approximate surface area is 273 Å². The van der Waals surface area contributed by atoms with E-state index in [1.807, 2.05) is 0 Å². The SMILES string of the molecule is CC(C)c1nc2c(c3c1[C@@H](c1ccc(C(F)(F)F)cc1F)OC31CCOCC1I)[C@@H](O[Si](C)(C)C(C)(C)C)CC1(CCC1)C2. The molecule has 1 aromatic heterocycles. The van der Waals surface area contributed by atoms with Crippen molar-refractivity contribution in [3.63, 3.8) is 0 Å². The molecule has 4 atom stereocenters. The summed E-state index contributed by atoms with van der Waals surface area (Å²) >= 11 is 2.39. The predicted octanol–water partition coefficient (Wildman–Crippen LogP) is 10.1. The summed E-state index contributed by atoms with van der Waals surface area (Å²) in [4.78, 5) is 5.39. The van der Waals surface area contributed by atoms with E-state index in [9.17, 15) is 13.2 Å². The number of hydrogen-bond acceptors (Lipinski definition) is 4. The molecule has 2 unspecified atom stereocenters. The minimum absolute atomic E-state index is 0.000613. The van der Waals surface area contributed by atoms with Crippen LogP contribution in [0.2, 0.25) is 18.1 Å². The summed E-state index contributed by atoms with van der Waals surface area (Å²) in [5.41, 5.74) is 3.32. The fraction of sp³-hybridized carbons (Fsp3) is 0.676. The molecule has 4 nitrogen and oxygen atoms in total. The maximum Gasteiger partial charge on any atom is 0.416 e. The zero-order chi connectivity index (χ0) is 32.0. The zero-order valence-corrected chi connectivity index (χ0v) is 29.9. The van der Waals surface area contributed by atoms with Gasteiger partial charge in [0, 0.05) is 46.7 Å². The Bertz CT molecular complexity index is 1450. The summed E-state index contributed by atoms with van der Waals surface area (Å²) in [6, 6.07) is 2.81. The molecule has 2 aliphatic carbocycles. The van der Waals surface area contributed by atoms with E-state index < -0.39 is 37.6 Å². The Morgan fingerprint density at radius 3 is 2.34 bits per heavy atom. The van der Waals surface area contributed by atoms with E-state index in [0.717, 1.165) is 59.8 Å². The zero-order valence-electron chi connectivity index (χ0n) is 26.8. The van der Waals surface area contributed by atoms with Crippen molar-refractivity contribution in [3.8, 4) is 0 Å². The van der Waals surface area contributed by atoms with Gasteiger partial charge in [0.05, 0.1) is 22.2 Å². The Hall–Kier alpha value is -1.08. The average molecular weight is 746 g/mol. The van der Waals surface area contributed by atoms with Gasteiger partial charge in [0.15, 0.2) is 8.32 Å². The van der Waals surface area contributed by atoms with E-state index in [-0.39, 0.29) is 32.0 Å². The van der Waals surface area contributed by atoms with Gasteiger partial charge in [0.2, 0.25) is 0 Å². The molecule has 0 radical (unpaired) electrons. The van der Waals surface area contributed by atoms with Gasteiger partial charge in [0.1, 0.15) is 17.5 Å². The van der Waals surface area contributed by atoms with Gasteiger partial charge in [-0.2, -0.15) is 13.2 Å². The van der Waals surface area contributed by atoms with Crippen LogP contribution in [-0.4, -0.2) is 30.4 Å². The van der Waals surface area contributed by atoms with Crippen LogP contribution >= 0.6 is 22.6 Å². The standard InChI is InChI=1S/C34H44F4INO3Si/c1-19(2)29-27-28(26-23(40-29)16-32(11-8-12-32)17-24(26)43-44(6,7)31(3,4)5)33(13-14-41-18-25(33)39)42-30(27)21-10-9-20(15-22(21)35)34(36,37)38/h9-10,15,19,24-25,30H,8,11-14,16-18H2,1-7H3/t24-,25?,30+,33?/m0/s1. The molecule has 10 heteroatoms. The average Bonchev–Trinajstić information content (AvgIpc) is 3.22. The van der Waals surface area contributed by atoms with Crippen molar-refractivity contribution >= 4 is 30.9 Å². The summed E-state index contributed by atoms with van der Waals surface area (Å²) in [5.74, 6) is -0.917. The van der Waals surface area contributed by atoms with Crippen molar-refractivity contribution in [2.45, 2.75) is 125 Å². The Balaban J connectivity index is 1.62. The van der Waals surface area contributed by atoms with Crippen LogP contribution in [0, 0.1) is 11.2 Å². The van der Waals surface area contributed by atoms with Gasteiger partial charge in [-0.15, -0.1) is 0 Å². The van der Waals surface area contributed by atoms with Gasteiger partial charge in [-0.3, -0.25) is 4.98 Å². The van der Waals surface area contributed by atoms with Crippen LogP contribution in [0.4, 0.5) is 17.6 Å². The summed E-state index contributed by atoms with van der Waals surface area (Å²) in [6.07, 6.45) is 0.184. The molecule has 2 aromatic rings. The van der Waals surface area contributed by atoms with Crippen molar-refractivity contribution in [2.75, 3.05) is 13.2 Å². The molecule has 4 aliphatic rings. The number of halogens is 5. The first-order valence-corrected chi connectivity index (χ1v) is 20.1. The van der Waals surface area contributed by atoms with E-state index in [1.165, 1.54) is 12.5 Å². The number of rotatable bonds is 4. The highest BCUT2D eigenvalue weighted by molar-refractivity contribution is 14.1. The van der Waals surface area contributed by atoms with Crippen molar-refractivity contribution in [1.29, 1.82) is 0 Å². The fourth-order valence-corrected chi connectivity index (χ4v) is 9.81. The molecule has 0 amide bonds. The summed E-state index contributed by atoms with van der Waals surface area (Å²) < 4.78 is 76.6. The van der Waals surface area contributed by atoms with E-state index in [0.29, 0.717) is 25.7 Å². The van der Waals surface area contributed by atoms with Gasteiger partial charge in [-0.05, 0) is 67.3 Å². The molecular formula is C34H44F4INO3Si. The van der Waals surface area contributed by atoms with E-state index in [1.54, 1.807) is 0 Å². The smallest absolute Gasteiger partial charge is 0.410 e. The van der Waals surface area contributed by atoms with Crippen molar-refractivity contribution < 1.29 is 31.5 Å². The van der Waals surface area contributed by atoms with Crippen LogP contribution in [-0.2, 0) is 32.1 Å². The molecular weight excluding hydrogens is 701 g/mol. The molecule has 0 bridgehead atoms. The van der Waals surface area contributed by atoms with Crippen LogP contribution in [0.15, 0.2) is 18.2 Å². The number of hydrogen-bond donors (Lipinski definition) is 0. The minimum Gasteiger partial charge on any atom is -0.410 e. The molecule has 3 heterocycles. The molecule has 44 heavy (non-hydrogen) atoms. The second kappa shape index (κ2) is 11.0. The lowest BCUT2D eigenvalue weighted by Gasteiger charge is -2.51. The molecule has 2 spiro atoms. The number of benzene rings is 1. The van der Waals surface area contributed by atoms with Crippen LogP contribution in [0.5, 0.6) is 0 Å². The molecule has 1 saturated heterocycles. The molecule has 242 valence electrons. The second-order valence-electron chi connectivity index (χ2n) is 15.3. The van der Waals surface area contributed by atoms with Gasteiger partial charge in [-0.25, -0.2) is 4.39 Å². The molecule has 0 N–H and O–H groups in total. The first kappa shape index (κ1) is 32.8. The first-order valence-electron chi connectivity index (χ1n) is 15.9. The minimum atomic E-state index is -4.64. The first-order chi connectivity index (χ1) is 20.4. The lowest BCUT2D eigenvalue weighted by atomic mass is 9.58. The topological polar surface area (TPSA) is 40.6 Å². The highest BCUT2D eigenvalue weighted by Gasteiger charge is 2.58. The number of alkyl halides is 4. The number of nitrogens with zero attached hydrogens (tertiary/aromatic N) is 1. The van der Waals surface area contributed by atoms with Crippen molar-refractivity contribution in [1.82, 2.24) is 4.98 Å². The van der Waals surface area contributed by atoms with Gasteiger partial charge in [0.25, 0.3) is 0 Å². The summed E-state index contributed by atoms with van der Waals surface area (Å²) in [5, 5.41) is -0.00355. The Morgan fingerprint density at radius 1 is 1.09 bits per heavy atom. The predicted molar refractivity (Wildman–Crippen MR) is 173 cm³/mol. The van der Waals surface area contributed by atoms with Crippen molar-refractivity contribution in [3.05, 3.63) is 63.2 Å². The summed E-state index contributed by atoms with van der Waals surface area (Å²) in [6.45, 7) is 16.4. The third-order valence-corrected chi connectivity index (χ3v) is 16.9. The number of aromatic nitrogens is 1. The third-order valence-electron chi connectivity index (χ3n) is 11.1. The highest BCUT2D eigenvalue weighted by atomic mass is 127. The lowest BCUT2D eigenvalue weighted by Crippen LogP contribution is -2.48. The number of ether oxygens (including phenoxy) is 2. The normalized spacial score (nSPS) is 28.3. The maximum atomic E-state index is 15.8. The van der Waals surface area contributed by atoms with Crippen LogP contribution < -0.4 is 0 Å². The quantitative estimate of drug-likeness (QED) is 0.135. The maximum absolute atomic E-state index is 15.8. The van der Waals surface area contributed by atoms with Crippen molar-refractivity contribution in [2.24, 2.45) is 5.41 Å². The van der Waals surface area contributed by atoms with Crippen LogP contribution in [0.25, 0.3) is 0 Å². The van der Waals surface area contributed by atoms with Crippen LogP contribution in [0.3, 0.4) is 0 Å². The molecule has 1 aromatic carbocycles. The van der Waals surface area contributed by atoms with Gasteiger partial charge >= 0.3 is 6.18 Å². The summed E-state index contributed by atoms with van der Waals surface area (Å²) in [7, 11) is -2.23. The second-order valence-corrected chi connectivity index (χ2v) is 21.6.